The molecule has 0 saturated heterocycles. The molecule has 0 fully saturated rings. The van der Waals surface area contributed by atoms with Crippen LogP contribution in [0.1, 0.15) is 25.1 Å². The lowest BCUT2D eigenvalue weighted by atomic mass is 10.2. The molecule has 1 aromatic heterocycles. The molecule has 0 spiro atoms. The van der Waals surface area contributed by atoms with Gasteiger partial charge in [-0.05, 0) is 18.6 Å². The first-order valence-corrected chi connectivity index (χ1v) is 7.13. The van der Waals surface area contributed by atoms with Gasteiger partial charge in [0.1, 0.15) is 5.82 Å². The molecule has 0 radical (unpaired) electrons. The highest BCUT2D eigenvalue weighted by molar-refractivity contribution is 5.42. The van der Waals surface area contributed by atoms with Gasteiger partial charge in [0.25, 0.3) is 0 Å². The van der Waals surface area contributed by atoms with Crippen molar-refractivity contribution in [2.45, 2.75) is 33.4 Å². The SMILES string of the molecule is C=CCN(CCOC)c1ccc(CNC(C)C)c(C)n1. The van der Waals surface area contributed by atoms with Crippen LogP contribution in [0.4, 0.5) is 5.82 Å². The summed E-state index contributed by atoms with van der Waals surface area (Å²) in [5, 5.41) is 3.42. The summed E-state index contributed by atoms with van der Waals surface area (Å²) < 4.78 is 5.15. The molecular weight excluding hydrogens is 250 g/mol. The van der Waals surface area contributed by atoms with E-state index in [1.54, 1.807) is 7.11 Å². The van der Waals surface area contributed by atoms with Gasteiger partial charge in [-0.2, -0.15) is 0 Å². The Balaban J connectivity index is 2.79. The Morgan fingerprint density at radius 2 is 2.20 bits per heavy atom. The molecule has 1 aromatic rings. The highest BCUT2D eigenvalue weighted by Gasteiger charge is 2.08. The zero-order chi connectivity index (χ0) is 15.0. The molecule has 0 unspecified atom stereocenters. The number of nitrogens with zero attached hydrogens (tertiary/aromatic N) is 2. The van der Waals surface area contributed by atoms with E-state index in [0.717, 1.165) is 31.1 Å². The summed E-state index contributed by atoms with van der Waals surface area (Å²) in [7, 11) is 1.71. The lowest BCUT2D eigenvalue weighted by Crippen LogP contribution is -2.28. The molecule has 0 aliphatic rings. The summed E-state index contributed by atoms with van der Waals surface area (Å²) in [5.74, 6) is 0.979. The fourth-order valence-electron chi connectivity index (χ4n) is 1.91. The third kappa shape index (κ3) is 5.31. The zero-order valence-electron chi connectivity index (χ0n) is 13.1. The maximum Gasteiger partial charge on any atom is 0.129 e. The maximum atomic E-state index is 5.15. The maximum absolute atomic E-state index is 5.15. The lowest BCUT2D eigenvalue weighted by molar-refractivity contribution is 0.205. The molecule has 4 nitrogen and oxygen atoms in total. The third-order valence-electron chi connectivity index (χ3n) is 3.12. The van der Waals surface area contributed by atoms with E-state index in [-0.39, 0.29) is 0 Å². The number of aryl methyl sites for hydroxylation is 1. The van der Waals surface area contributed by atoms with Gasteiger partial charge in [0.05, 0.1) is 6.61 Å². The van der Waals surface area contributed by atoms with Crippen LogP contribution in [0.25, 0.3) is 0 Å². The van der Waals surface area contributed by atoms with Crippen molar-refractivity contribution in [3.05, 3.63) is 36.0 Å². The van der Waals surface area contributed by atoms with E-state index < -0.39 is 0 Å². The van der Waals surface area contributed by atoms with E-state index in [4.69, 9.17) is 9.72 Å². The van der Waals surface area contributed by atoms with Crippen LogP contribution in [0.3, 0.4) is 0 Å². The normalized spacial score (nSPS) is 10.8. The second-order valence-electron chi connectivity index (χ2n) is 5.18. The van der Waals surface area contributed by atoms with Crippen LogP contribution >= 0.6 is 0 Å². The van der Waals surface area contributed by atoms with Crippen molar-refractivity contribution in [3.8, 4) is 0 Å². The predicted octanol–water partition coefficient (Wildman–Crippen LogP) is 2.53. The number of anilines is 1. The Morgan fingerprint density at radius 3 is 2.75 bits per heavy atom. The predicted molar refractivity (Wildman–Crippen MR) is 85.2 cm³/mol. The smallest absolute Gasteiger partial charge is 0.129 e. The minimum absolute atomic E-state index is 0.480. The van der Waals surface area contributed by atoms with Gasteiger partial charge in [0.2, 0.25) is 0 Å². The topological polar surface area (TPSA) is 37.4 Å². The number of pyridine rings is 1. The quantitative estimate of drug-likeness (QED) is 0.704. The molecule has 0 aliphatic heterocycles. The van der Waals surface area contributed by atoms with Crippen LogP contribution in [0.5, 0.6) is 0 Å². The molecule has 0 aliphatic carbocycles. The molecule has 0 aromatic carbocycles. The second-order valence-corrected chi connectivity index (χ2v) is 5.18. The lowest BCUT2D eigenvalue weighted by Gasteiger charge is -2.23. The third-order valence-corrected chi connectivity index (χ3v) is 3.12. The number of hydrogen-bond donors (Lipinski definition) is 1. The van der Waals surface area contributed by atoms with Gasteiger partial charge in [-0.1, -0.05) is 26.0 Å². The molecule has 0 amide bonds. The van der Waals surface area contributed by atoms with Crippen LogP contribution in [-0.4, -0.2) is 37.8 Å². The highest BCUT2D eigenvalue weighted by atomic mass is 16.5. The Bertz CT molecular complexity index is 418. The van der Waals surface area contributed by atoms with Crippen LogP contribution in [0.15, 0.2) is 24.8 Å². The van der Waals surface area contributed by atoms with Crippen molar-refractivity contribution < 1.29 is 4.74 Å². The fraction of sp³-hybridized carbons (Fsp3) is 0.562. The van der Waals surface area contributed by atoms with Gasteiger partial charge in [-0.25, -0.2) is 4.98 Å². The minimum Gasteiger partial charge on any atom is -0.383 e. The van der Waals surface area contributed by atoms with Gasteiger partial charge in [0.15, 0.2) is 0 Å². The second kappa shape index (κ2) is 8.72. The highest BCUT2D eigenvalue weighted by Crippen LogP contribution is 2.15. The van der Waals surface area contributed by atoms with Gasteiger partial charge in [-0.15, -0.1) is 6.58 Å². The van der Waals surface area contributed by atoms with E-state index in [1.165, 1.54) is 5.56 Å². The first kappa shape index (κ1) is 16.7. The number of nitrogens with one attached hydrogen (secondary N) is 1. The first-order valence-electron chi connectivity index (χ1n) is 7.13. The molecule has 1 rings (SSSR count). The van der Waals surface area contributed by atoms with Gasteiger partial charge in [-0.3, -0.25) is 0 Å². The van der Waals surface area contributed by atoms with Crippen LogP contribution in [-0.2, 0) is 11.3 Å². The molecule has 0 saturated carbocycles. The van der Waals surface area contributed by atoms with E-state index in [1.807, 2.05) is 6.08 Å². The largest absolute Gasteiger partial charge is 0.383 e. The number of methoxy groups -OCH3 is 1. The molecule has 1 N–H and O–H groups in total. The van der Waals surface area contributed by atoms with Crippen LogP contribution < -0.4 is 10.2 Å². The average Bonchev–Trinajstić information content (AvgIpc) is 2.42. The molecule has 0 bridgehead atoms. The minimum atomic E-state index is 0.480. The summed E-state index contributed by atoms with van der Waals surface area (Å²) in [6.45, 7) is 13.3. The summed E-state index contributed by atoms with van der Waals surface area (Å²) in [6.07, 6.45) is 1.89. The van der Waals surface area contributed by atoms with Crippen molar-refractivity contribution >= 4 is 5.82 Å². The first-order chi connectivity index (χ1) is 9.58. The molecule has 4 heteroatoms. The van der Waals surface area contributed by atoms with Crippen molar-refractivity contribution in [3.63, 3.8) is 0 Å². The number of rotatable bonds is 9. The average molecular weight is 277 g/mol. The Morgan fingerprint density at radius 1 is 1.45 bits per heavy atom. The van der Waals surface area contributed by atoms with E-state index >= 15 is 0 Å². The van der Waals surface area contributed by atoms with Gasteiger partial charge < -0.3 is 15.0 Å². The van der Waals surface area contributed by atoms with Crippen LogP contribution in [0, 0.1) is 6.92 Å². The summed E-state index contributed by atoms with van der Waals surface area (Å²) in [6, 6.07) is 4.70. The summed E-state index contributed by atoms with van der Waals surface area (Å²) in [5.41, 5.74) is 2.31. The van der Waals surface area contributed by atoms with Crippen molar-refractivity contribution in [2.75, 3.05) is 31.7 Å². The van der Waals surface area contributed by atoms with Crippen molar-refractivity contribution in [2.24, 2.45) is 0 Å². The number of aromatic nitrogens is 1. The number of ether oxygens (including phenoxy) is 1. The Labute approximate surface area is 122 Å². The number of hydrogen-bond acceptors (Lipinski definition) is 4. The standard InChI is InChI=1S/C16H27N3O/c1-6-9-19(10-11-20-5)16-8-7-15(14(4)18-16)12-17-13(2)3/h6-8,13,17H,1,9-12H2,2-5H3. The molecule has 0 atom stereocenters. The molecule has 112 valence electrons. The Kier molecular flexibility index (Phi) is 7.26. The molecule has 1 heterocycles. The fourth-order valence-corrected chi connectivity index (χ4v) is 1.91. The van der Waals surface area contributed by atoms with Crippen molar-refractivity contribution in [1.29, 1.82) is 0 Å². The molecular formula is C16H27N3O. The molecule has 20 heavy (non-hydrogen) atoms. The van der Waals surface area contributed by atoms with Gasteiger partial charge >= 0.3 is 0 Å². The summed E-state index contributed by atoms with van der Waals surface area (Å²) >= 11 is 0. The van der Waals surface area contributed by atoms with E-state index in [9.17, 15) is 0 Å². The van der Waals surface area contributed by atoms with Gasteiger partial charge in [0, 0.05) is 38.5 Å². The van der Waals surface area contributed by atoms with Crippen LogP contribution in [0.2, 0.25) is 0 Å². The Hall–Kier alpha value is -1.39. The monoisotopic (exact) mass is 277 g/mol. The zero-order valence-corrected chi connectivity index (χ0v) is 13.1. The summed E-state index contributed by atoms with van der Waals surface area (Å²) in [4.78, 5) is 6.88. The van der Waals surface area contributed by atoms with E-state index in [2.05, 4.69) is 49.7 Å². The van der Waals surface area contributed by atoms with Crippen molar-refractivity contribution in [1.82, 2.24) is 10.3 Å². The van der Waals surface area contributed by atoms with E-state index in [0.29, 0.717) is 12.6 Å².